The predicted molar refractivity (Wildman–Crippen MR) is 142 cm³/mol. The molecule has 0 bridgehead atoms. The number of nitrogens with two attached hydrogens (primary N) is 1. The first-order chi connectivity index (χ1) is 16.9. The molecule has 0 aliphatic carbocycles. The number of ether oxygens (including phenoxy) is 2. The SMILES string of the molecule is CCC(Oc1ccc2c(c1)OCCn1cc(C(N=CN)=NC(C)C)nc1-2)C1CCN(C(C)C)CC1. The van der Waals surface area contributed by atoms with Crippen LogP contribution in [0, 0.1) is 5.92 Å². The van der Waals surface area contributed by atoms with Crippen LogP contribution in [0.1, 0.15) is 59.6 Å². The van der Waals surface area contributed by atoms with E-state index in [0.717, 1.165) is 42.4 Å². The molecular weight excluding hydrogens is 440 g/mol. The fourth-order valence-corrected chi connectivity index (χ4v) is 5.02. The number of hydrogen-bond donors (Lipinski definition) is 1. The quantitative estimate of drug-likeness (QED) is 0.470. The normalized spacial score (nSPS) is 18.4. The van der Waals surface area contributed by atoms with Crippen LogP contribution in [0.5, 0.6) is 11.5 Å². The maximum absolute atomic E-state index is 6.53. The molecule has 0 radical (unpaired) electrons. The highest BCUT2D eigenvalue weighted by molar-refractivity contribution is 6.01. The number of piperidine rings is 1. The fraction of sp³-hybridized carbons (Fsp3) is 0.593. The van der Waals surface area contributed by atoms with Crippen LogP contribution in [-0.4, -0.2) is 64.5 Å². The molecule has 2 aliphatic rings. The zero-order valence-electron chi connectivity index (χ0n) is 21.8. The van der Waals surface area contributed by atoms with E-state index in [1.54, 1.807) is 0 Å². The summed E-state index contributed by atoms with van der Waals surface area (Å²) in [6.45, 7) is 14.3. The summed E-state index contributed by atoms with van der Waals surface area (Å²) < 4.78 is 14.7. The lowest BCUT2D eigenvalue weighted by Crippen LogP contribution is -2.42. The molecule has 3 heterocycles. The van der Waals surface area contributed by atoms with E-state index in [-0.39, 0.29) is 12.1 Å². The van der Waals surface area contributed by atoms with Crippen molar-refractivity contribution in [2.45, 2.75) is 78.6 Å². The summed E-state index contributed by atoms with van der Waals surface area (Å²) in [6.07, 6.45) is 6.82. The van der Waals surface area contributed by atoms with Crippen LogP contribution >= 0.6 is 0 Å². The Morgan fingerprint density at radius 1 is 1.23 bits per heavy atom. The molecule has 1 aromatic heterocycles. The summed E-state index contributed by atoms with van der Waals surface area (Å²) in [5.74, 6) is 3.62. The Morgan fingerprint density at radius 3 is 2.66 bits per heavy atom. The van der Waals surface area contributed by atoms with E-state index in [2.05, 4.69) is 46.3 Å². The standard InChI is InChI=1S/C27H40N6O2/c1-6-24(20-9-11-32(12-10-20)19(4)5)35-21-7-8-22-25(15-21)34-14-13-33-16-23(31-27(22)33)26(29-17-28)30-18(2)3/h7-8,15-20,24H,6,9-14H2,1-5H3,(H2,28,29,30). The zero-order valence-corrected chi connectivity index (χ0v) is 21.8. The van der Waals surface area contributed by atoms with E-state index in [9.17, 15) is 0 Å². The van der Waals surface area contributed by atoms with Gasteiger partial charge >= 0.3 is 0 Å². The lowest BCUT2D eigenvalue weighted by molar-refractivity contribution is 0.0636. The summed E-state index contributed by atoms with van der Waals surface area (Å²) in [5.41, 5.74) is 7.22. The second-order valence-electron chi connectivity index (χ2n) is 10.0. The number of aliphatic imine (C=N–C) groups is 2. The second kappa shape index (κ2) is 11.2. The number of rotatable bonds is 7. The Kier molecular flexibility index (Phi) is 8.11. The highest BCUT2D eigenvalue weighted by atomic mass is 16.5. The first kappa shape index (κ1) is 25.2. The van der Waals surface area contributed by atoms with E-state index in [4.69, 9.17) is 20.2 Å². The number of hydrogen-bond acceptors (Lipinski definition) is 5. The van der Waals surface area contributed by atoms with Gasteiger partial charge in [0.25, 0.3) is 0 Å². The Balaban J connectivity index is 1.54. The average molecular weight is 481 g/mol. The first-order valence-electron chi connectivity index (χ1n) is 13.0. The Hall–Kier alpha value is -2.87. The highest BCUT2D eigenvalue weighted by Crippen LogP contribution is 2.36. The predicted octanol–water partition coefficient (Wildman–Crippen LogP) is 4.36. The molecule has 0 amide bonds. The van der Waals surface area contributed by atoms with Crippen LogP contribution in [-0.2, 0) is 6.54 Å². The van der Waals surface area contributed by atoms with Crippen molar-refractivity contribution in [2.75, 3.05) is 19.7 Å². The van der Waals surface area contributed by atoms with E-state index in [1.807, 2.05) is 32.2 Å². The van der Waals surface area contributed by atoms with Crippen LogP contribution in [0.2, 0.25) is 0 Å². The third-order valence-corrected chi connectivity index (χ3v) is 6.89. The first-order valence-corrected chi connectivity index (χ1v) is 13.0. The van der Waals surface area contributed by atoms with Crippen molar-refractivity contribution < 1.29 is 9.47 Å². The molecule has 0 saturated carbocycles. The maximum atomic E-state index is 6.53. The van der Waals surface area contributed by atoms with Gasteiger partial charge < -0.3 is 24.7 Å². The molecule has 2 aliphatic heterocycles. The van der Waals surface area contributed by atoms with E-state index >= 15 is 0 Å². The molecule has 2 N–H and O–H groups in total. The average Bonchev–Trinajstić information content (AvgIpc) is 3.18. The molecule has 1 aromatic carbocycles. The Bertz CT molecular complexity index is 1050. The second-order valence-corrected chi connectivity index (χ2v) is 10.0. The van der Waals surface area contributed by atoms with Crippen molar-refractivity contribution >= 4 is 12.2 Å². The van der Waals surface area contributed by atoms with Gasteiger partial charge in [-0.1, -0.05) is 6.92 Å². The number of nitrogens with zero attached hydrogens (tertiary/aromatic N) is 5. The molecule has 0 spiro atoms. The molecule has 4 rings (SSSR count). The monoisotopic (exact) mass is 480 g/mol. The van der Waals surface area contributed by atoms with E-state index in [1.165, 1.54) is 19.2 Å². The molecule has 1 unspecified atom stereocenters. The molecular formula is C27H40N6O2. The van der Waals surface area contributed by atoms with Crippen molar-refractivity contribution in [3.8, 4) is 22.9 Å². The van der Waals surface area contributed by atoms with Gasteiger partial charge in [0.1, 0.15) is 35.7 Å². The molecule has 8 nitrogen and oxygen atoms in total. The van der Waals surface area contributed by atoms with Crippen molar-refractivity contribution in [2.24, 2.45) is 21.6 Å². The summed E-state index contributed by atoms with van der Waals surface area (Å²) in [5, 5.41) is 0. The number of amidine groups is 1. The van der Waals surface area contributed by atoms with Gasteiger partial charge in [-0.2, -0.15) is 0 Å². The number of fused-ring (bicyclic) bond motifs is 3. The number of aromatic nitrogens is 2. The van der Waals surface area contributed by atoms with Crippen LogP contribution in [0.3, 0.4) is 0 Å². The Labute approximate surface area is 209 Å². The van der Waals surface area contributed by atoms with Crippen LogP contribution in [0.15, 0.2) is 34.4 Å². The van der Waals surface area contributed by atoms with Gasteiger partial charge in [0.2, 0.25) is 0 Å². The summed E-state index contributed by atoms with van der Waals surface area (Å²) in [4.78, 5) is 16.3. The van der Waals surface area contributed by atoms with Gasteiger partial charge in [0.05, 0.1) is 18.4 Å². The van der Waals surface area contributed by atoms with E-state index < -0.39 is 0 Å². The summed E-state index contributed by atoms with van der Waals surface area (Å²) in [7, 11) is 0. The van der Waals surface area contributed by atoms with Gasteiger partial charge in [-0.3, -0.25) is 4.99 Å². The minimum absolute atomic E-state index is 0.0923. The largest absolute Gasteiger partial charge is 0.491 e. The van der Waals surface area contributed by atoms with E-state index in [0.29, 0.717) is 36.6 Å². The number of benzene rings is 1. The lowest BCUT2D eigenvalue weighted by atomic mass is 9.89. The molecule has 2 aromatic rings. The van der Waals surface area contributed by atoms with Gasteiger partial charge in [-0.05, 0) is 78.1 Å². The molecule has 190 valence electrons. The van der Waals surface area contributed by atoms with Crippen LogP contribution < -0.4 is 15.2 Å². The minimum Gasteiger partial charge on any atom is -0.491 e. The van der Waals surface area contributed by atoms with Crippen molar-refractivity contribution in [3.63, 3.8) is 0 Å². The van der Waals surface area contributed by atoms with Crippen molar-refractivity contribution in [1.29, 1.82) is 0 Å². The third kappa shape index (κ3) is 5.86. The van der Waals surface area contributed by atoms with Crippen molar-refractivity contribution in [3.05, 3.63) is 30.1 Å². The fourth-order valence-electron chi connectivity index (χ4n) is 5.02. The van der Waals surface area contributed by atoms with Gasteiger partial charge in [-0.15, -0.1) is 0 Å². The smallest absolute Gasteiger partial charge is 0.176 e. The number of likely N-dealkylation sites (tertiary alicyclic amines) is 1. The molecule has 8 heteroatoms. The number of imidazole rings is 1. The lowest BCUT2D eigenvalue weighted by Gasteiger charge is -2.37. The van der Waals surface area contributed by atoms with Gasteiger partial charge in [0.15, 0.2) is 5.84 Å². The Morgan fingerprint density at radius 2 is 2.00 bits per heavy atom. The van der Waals surface area contributed by atoms with Crippen LogP contribution in [0.25, 0.3) is 11.4 Å². The van der Waals surface area contributed by atoms with Gasteiger partial charge in [-0.25, -0.2) is 9.98 Å². The molecule has 1 fully saturated rings. The van der Waals surface area contributed by atoms with Crippen molar-refractivity contribution in [1.82, 2.24) is 14.5 Å². The highest BCUT2D eigenvalue weighted by Gasteiger charge is 2.28. The molecule has 1 atom stereocenters. The van der Waals surface area contributed by atoms with Gasteiger partial charge in [0, 0.05) is 24.3 Å². The molecule has 35 heavy (non-hydrogen) atoms. The zero-order chi connectivity index (χ0) is 24.9. The summed E-state index contributed by atoms with van der Waals surface area (Å²) >= 11 is 0. The third-order valence-electron chi connectivity index (χ3n) is 6.89. The minimum atomic E-state index is 0.0923. The topological polar surface area (TPSA) is 90.3 Å². The van der Waals surface area contributed by atoms with Crippen LogP contribution in [0.4, 0.5) is 0 Å². The molecule has 1 saturated heterocycles. The maximum Gasteiger partial charge on any atom is 0.176 e. The summed E-state index contributed by atoms with van der Waals surface area (Å²) in [6, 6.07) is 6.82.